The summed E-state index contributed by atoms with van der Waals surface area (Å²) >= 11 is 0. The van der Waals surface area contributed by atoms with Crippen LogP contribution in [0.15, 0.2) is 18.2 Å². The van der Waals surface area contributed by atoms with Crippen molar-refractivity contribution in [3.63, 3.8) is 0 Å². The summed E-state index contributed by atoms with van der Waals surface area (Å²) in [5, 5.41) is 5.64. The monoisotopic (exact) mass is 538 g/mol. The Kier molecular flexibility index (Phi) is 11.0. The van der Waals surface area contributed by atoms with Gasteiger partial charge in [-0.15, -0.1) is 0 Å². The molecule has 1 aliphatic heterocycles. The number of hydrogen-bond donors (Lipinski definition) is 2. The van der Waals surface area contributed by atoms with E-state index >= 15 is 0 Å². The number of carbonyl (C=O) groups excluding carboxylic acids is 3. The van der Waals surface area contributed by atoms with Gasteiger partial charge in [-0.2, -0.15) is 0 Å². The molecule has 1 heterocycles. The third-order valence-corrected chi connectivity index (χ3v) is 7.34. The molecule has 0 bridgehead atoms. The van der Waals surface area contributed by atoms with Crippen molar-refractivity contribution < 1.29 is 38.1 Å². The number of carbonyl (C=O) groups is 3. The number of nitrogens with one attached hydrogen (secondary N) is 2. The number of benzene rings is 1. The number of ether oxygens (including phenoxy) is 5. The molecule has 1 aromatic carbocycles. The molecule has 0 aliphatic carbocycles. The van der Waals surface area contributed by atoms with E-state index in [2.05, 4.69) is 30.3 Å². The molecule has 2 rings (SSSR count). The molecular formula is C26H42N2O8Si. The van der Waals surface area contributed by atoms with Gasteiger partial charge in [-0.05, 0) is 63.4 Å². The van der Waals surface area contributed by atoms with Crippen molar-refractivity contribution in [3.8, 4) is 5.75 Å². The van der Waals surface area contributed by atoms with E-state index in [9.17, 15) is 14.4 Å². The zero-order valence-corrected chi connectivity index (χ0v) is 24.3. The second kappa shape index (κ2) is 13.2. The number of fused-ring (bicyclic) bond motifs is 1. The molecule has 0 unspecified atom stereocenters. The quantitative estimate of drug-likeness (QED) is 0.144. The molecule has 37 heavy (non-hydrogen) atoms. The summed E-state index contributed by atoms with van der Waals surface area (Å²) in [5.41, 5.74) is 1.27. The molecule has 0 radical (unpaired) electrons. The maximum atomic E-state index is 12.9. The van der Waals surface area contributed by atoms with Gasteiger partial charge in [0.1, 0.15) is 23.5 Å². The molecule has 0 saturated carbocycles. The Balaban J connectivity index is 2.01. The zero-order chi connectivity index (χ0) is 27.8. The Morgan fingerprint density at radius 2 is 1.86 bits per heavy atom. The molecule has 3 atom stereocenters. The van der Waals surface area contributed by atoms with Crippen LogP contribution in [0.2, 0.25) is 25.7 Å². The van der Waals surface area contributed by atoms with E-state index in [1.807, 2.05) is 18.2 Å². The van der Waals surface area contributed by atoms with Gasteiger partial charge in [0.25, 0.3) is 0 Å². The number of methoxy groups -OCH3 is 1. The SMILES string of the molecule is COc1ccc2c(c1)CN[C@H](C(=O)O[C@H](C)[C@H](NC(=O)OC(C)(C)C)C(=O)OCOCC[Si](C)(C)C)C2. The Bertz CT molecular complexity index is 941. The van der Waals surface area contributed by atoms with Gasteiger partial charge in [-0.1, -0.05) is 25.7 Å². The Hall–Kier alpha value is -2.63. The molecular weight excluding hydrogens is 496 g/mol. The van der Waals surface area contributed by atoms with Crippen LogP contribution in [0.5, 0.6) is 5.75 Å². The molecule has 0 spiro atoms. The third-order valence-electron chi connectivity index (χ3n) is 5.64. The normalized spacial score (nSPS) is 17.1. The molecule has 0 fully saturated rings. The fourth-order valence-corrected chi connectivity index (χ4v) is 4.30. The van der Waals surface area contributed by atoms with Crippen LogP contribution in [-0.2, 0) is 41.5 Å². The molecule has 10 nitrogen and oxygen atoms in total. The van der Waals surface area contributed by atoms with Gasteiger partial charge in [0, 0.05) is 21.2 Å². The molecule has 208 valence electrons. The maximum absolute atomic E-state index is 12.9. The highest BCUT2D eigenvalue weighted by Crippen LogP contribution is 2.23. The highest BCUT2D eigenvalue weighted by atomic mass is 28.3. The minimum absolute atomic E-state index is 0.263. The van der Waals surface area contributed by atoms with Crippen molar-refractivity contribution >= 4 is 26.1 Å². The zero-order valence-electron chi connectivity index (χ0n) is 23.3. The Morgan fingerprint density at radius 1 is 1.16 bits per heavy atom. The number of rotatable bonds is 11. The van der Waals surface area contributed by atoms with Crippen LogP contribution >= 0.6 is 0 Å². The summed E-state index contributed by atoms with van der Waals surface area (Å²) in [5.74, 6) is -0.577. The van der Waals surface area contributed by atoms with Crippen LogP contribution in [0, 0.1) is 0 Å². The molecule has 1 amide bonds. The smallest absolute Gasteiger partial charge is 0.408 e. The highest BCUT2D eigenvalue weighted by Gasteiger charge is 2.35. The number of amides is 1. The van der Waals surface area contributed by atoms with Gasteiger partial charge in [0.2, 0.25) is 0 Å². The minimum Gasteiger partial charge on any atom is -0.497 e. The van der Waals surface area contributed by atoms with Crippen LogP contribution in [0.3, 0.4) is 0 Å². The van der Waals surface area contributed by atoms with Crippen molar-refractivity contribution in [2.75, 3.05) is 20.5 Å². The first-order valence-corrected chi connectivity index (χ1v) is 16.2. The van der Waals surface area contributed by atoms with Crippen LogP contribution in [0.4, 0.5) is 4.79 Å². The summed E-state index contributed by atoms with van der Waals surface area (Å²) in [6.07, 6.45) is -1.42. The molecule has 2 N–H and O–H groups in total. The lowest BCUT2D eigenvalue weighted by Gasteiger charge is -2.29. The van der Waals surface area contributed by atoms with E-state index in [1.165, 1.54) is 6.92 Å². The van der Waals surface area contributed by atoms with E-state index < -0.39 is 49.9 Å². The fourth-order valence-electron chi connectivity index (χ4n) is 3.55. The third kappa shape index (κ3) is 10.7. The van der Waals surface area contributed by atoms with Crippen LogP contribution in [-0.4, -0.2) is 70.4 Å². The summed E-state index contributed by atoms with van der Waals surface area (Å²) < 4.78 is 26.8. The van der Waals surface area contributed by atoms with Gasteiger partial charge >= 0.3 is 18.0 Å². The number of alkyl carbamates (subject to hydrolysis) is 1. The molecule has 1 aromatic rings. The predicted molar refractivity (Wildman–Crippen MR) is 141 cm³/mol. The second-order valence-corrected chi connectivity index (χ2v) is 17.0. The van der Waals surface area contributed by atoms with E-state index in [-0.39, 0.29) is 6.79 Å². The Morgan fingerprint density at radius 3 is 2.49 bits per heavy atom. The molecule has 11 heteroatoms. The minimum atomic E-state index is -1.29. The van der Waals surface area contributed by atoms with Crippen LogP contribution in [0.25, 0.3) is 0 Å². The predicted octanol–water partition coefficient (Wildman–Crippen LogP) is 3.39. The summed E-state index contributed by atoms with van der Waals surface area (Å²) in [6, 6.07) is 4.73. The van der Waals surface area contributed by atoms with Crippen LogP contribution in [0.1, 0.15) is 38.8 Å². The average Bonchev–Trinajstić information content (AvgIpc) is 2.79. The average molecular weight is 539 g/mol. The van der Waals surface area contributed by atoms with Gasteiger partial charge in [0.05, 0.1) is 7.11 Å². The van der Waals surface area contributed by atoms with Crippen molar-refractivity contribution in [3.05, 3.63) is 29.3 Å². The first-order valence-electron chi connectivity index (χ1n) is 12.5. The van der Waals surface area contributed by atoms with Crippen molar-refractivity contribution in [1.29, 1.82) is 0 Å². The Labute approximate surface area is 220 Å². The van der Waals surface area contributed by atoms with Gasteiger partial charge < -0.3 is 34.3 Å². The summed E-state index contributed by atoms with van der Waals surface area (Å²) in [7, 11) is 0.313. The van der Waals surface area contributed by atoms with Gasteiger partial charge in [-0.25, -0.2) is 9.59 Å². The summed E-state index contributed by atoms with van der Waals surface area (Å²) in [4.78, 5) is 38.2. The maximum Gasteiger partial charge on any atom is 0.408 e. The molecule has 0 saturated heterocycles. The van der Waals surface area contributed by atoms with E-state index in [4.69, 9.17) is 23.7 Å². The fraction of sp³-hybridized carbons (Fsp3) is 0.654. The second-order valence-electron chi connectivity index (χ2n) is 11.3. The number of hydrogen-bond acceptors (Lipinski definition) is 9. The van der Waals surface area contributed by atoms with E-state index in [0.717, 1.165) is 22.9 Å². The molecule has 1 aliphatic rings. The standard InChI is InChI=1S/C26H42N2O8Si/c1-17(35-23(29)21-14-18-9-10-20(32-5)13-19(18)15-27-21)22(28-25(31)36-26(2,3)4)24(30)34-16-33-11-12-37(6,7)8/h9-10,13,17,21-22,27H,11-12,14-16H2,1-8H3,(H,28,31)/t17-,21+,22+/m1/s1. The van der Waals surface area contributed by atoms with Crippen molar-refractivity contribution in [1.82, 2.24) is 10.6 Å². The largest absolute Gasteiger partial charge is 0.497 e. The first kappa shape index (κ1) is 30.6. The molecule has 0 aromatic heterocycles. The first-order chi connectivity index (χ1) is 17.2. The topological polar surface area (TPSA) is 121 Å². The lowest BCUT2D eigenvalue weighted by Crippen LogP contribution is -2.53. The van der Waals surface area contributed by atoms with Crippen LogP contribution < -0.4 is 15.4 Å². The van der Waals surface area contributed by atoms with E-state index in [1.54, 1.807) is 27.9 Å². The van der Waals surface area contributed by atoms with Gasteiger partial charge in [0.15, 0.2) is 12.8 Å². The van der Waals surface area contributed by atoms with Crippen molar-refractivity contribution in [2.24, 2.45) is 0 Å². The lowest BCUT2D eigenvalue weighted by atomic mass is 9.95. The summed E-state index contributed by atoms with van der Waals surface area (Å²) in [6.45, 7) is 14.0. The van der Waals surface area contributed by atoms with Gasteiger partial charge in [-0.3, -0.25) is 4.79 Å². The van der Waals surface area contributed by atoms with Crippen molar-refractivity contribution in [2.45, 2.75) is 90.1 Å². The number of esters is 2. The van der Waals surface area contributed by atoms with E-state index in [0.29, 0.717) is 19.6 Å². The highest BCUT2D eigenvalue weighted by molar-refractivity contribution is 6.76. The lowest BCUT2D eigenvalue weighted by molar-refractivity contribution is -0.166.